The molecule has 0 aromatic heterocycles. The first kappa shape index (κ1) is 22.4. The number of methoxy groups -OCH3 is 1. The summed E-state index contributed by atoms with van der Waals surface area (Å²) in [5.74, 6) is 1.32. The van der Waals surface area contributed by atoms with Gasteiger partial charge in [0.25, 0.3) is 0 Å². The molecule has 1 saturated heterocycles. The lowest BCUT2D eigenvalue weighted by molar-refractivity contribution is -0.121. The third kappa shape index (κ3) is 7.27. The smallest absolute Gasteiger partial charge is 0.233 e. The van der Waals surface area contributed by atoms with Gasteiger partial charge in [0.05, 0.1) is 13.7 Å². The van der Waals surface area contributed by atoms with Gasteiger partial charge in [0, 0.05) is 57.9 Å². The lowest BCUT2D eigenvalue weighted by Crippen LogP contribution is -2.47. The first-order valence-electron chi connectivity index (χ1n) is 9.69. The molecule has 0 unspecified atom stereocenters. The van der Waals surface area contributed by atoms with Crippen LogP contribution in [0.25, 0.3) is 0 Å². The minimum absolute atomic E-state index is 0.0407. The van der Waals surface area contributed by atoms with Gasteiger partial charge in [-0.25, -0.2) is 0 Å². The average molecular weight is 395 g/mol. The summed E-state index contributed by atoms with van der Waals surface area (Å²) in [6.45, 7) is 5.63. The summed E-state index contributed by atoms with van der Waals surface area (Å²) >= 11 is 0. The van der Waals surface area contributed by atoms with Crippen LogP contribution in [0.4, 0.5) is 0 Å². The van der Waals surface area contributed by atoms with E-state index in [4.69, 9.17) is 9.47 Å². The van der Waals surface area contributed by atoms with E-state index in [9.17, 15) is 9.90 Å². The molecule has 8 heteroatoms. The molecule has 0 bridgehead atoms. The number of carbonyl (C=O) groups excluding carboxylic acids is 1. The number of benzene rings is 1. The van der Waals surface area contributed by atoms with Gasteiger partial charge in [-0.15, -0.1) is 0 Å². The van der Waals surface area contributed by atoms with E-state index in [0.29, 0.717) is 31.1 Å². The lowest BCUT2D eigenvalue weighted by atomic mass is 10.1. The third-order valence-corrected chi connectivity index (χ3v) is 4.90. The Labute approximate surface area is 168 Å². The van der Waals surface area contributed by atoms with Gasteiger partial charge < -0.3 is 24.8 Å². The molecule has 0 spiro atoms. The van der Waals surface area contributed by atoms with Crippen molar-refractivity contribution in [2.45, 2.75) is 12.6 Å². The molecule has 1 aliphatic heterocycles. The Morgan fingerprint density at radius 1 is 1.32 bits per heavy atom. The summed E-state index contributed by atoms with van der Waals surface area (Å²) in [6, 6.07) is 5.63. The van der Waals surface area contributed by atoms with E-state index in [-0.39, 0.29) is 12.5 Å². The van der Waals surface area contributed by atoms with Crippen molar-refractivity contribution in [3.63, 3.8) is 0 Å². The van der Waals surface area contributed by atoms with Crippen LogP contribution in [-0.4, -0.2) is 106 Å². The van der Waals surface area contributed by atoms with Crippen LogP contribution in [0.3, 0.4) is 0 Å². The van der Waals surface area contributed by atoms with Crippen LogP contribution in [0.15, 0.2) is 18.2 Å². The molecule has 1 fully saturated rings. The second kappa shape index (κ2) is 11.2. The largest absolute Gasteiger partial charge is 0.497 e. The van der Waals surface area contributed by atoms with Gasteiger partial charge in [-0.05, 0) is 20.2 Å². The maximum Gasteiger partial charge on any atom is 0.233 e. The number of aliphatic hydroxyl groups is 1. The number of rotatable bonds is 10. The Morgan fingerprint density at radius 3 is 2.68 bits per heavy atom. The zero-order valence-corrected chi connectivity index (χ0v) is 17.5. The van der Waals surface area contributed by atoms with Crippen LogP contribution in [0.5, 0.6) is 11.5 Å². The quantitative estimate of drug-likeness (QED) is 0.572. The minimum atomic E-state index is -0.564. The molecule has 0 radical (unpaired) electrons. The number of carbonyl (C=O) groups is 1. The molecule has 2 N–H and O–H groups in total. The first-order valence-corrected chi connectivity index (χ1v) is 9.69. The second-order valence-corrected chi connectivity index (χ2v) is 7.39. The Bertz CT molecular complexity index is 620. The number of aliphatic hydroxyl groups excluding tert-OH is 1. The highest BCUT2D eigenvalue weighted by atomic mass is 16.5. The highest BCUT2D eigenvalue weighted by Crippen LogP contribution is 2.26. The molecule has 0 saturated carbocycles. The summed E-state index contributed by atoms with van der Waals surface area (Å²) in [4.78, 5) is 18.0. The molecule has 1 aromatic carbocycles. The maximum absolute atomic E-state index is 11.6. The molecule has 158 valence electrons. The minimum Gasteiger partial charge on any atom is -0.497 e. The van der Waals surface area contributed by atoms with Gasteiger partial charge in [-0.1, -0.05) is 6.07 Å². The molecule has 8 nitrogen and oxygen atoms in total. The predicted molar refractivity (Wildman–Crippen MR) is 109 cm³/mol. The topological polar surface area (TPSA) is 77.5 Å². The number of piperazine rings is 1. The maximum atomic E-state index is 11.6. The van der Waals surface area contributed by atoms with Gasteiger partial charge in [0.1, 0.15) is 24.2 Å². The Kier molecular flexibility index (Phi) is 8.98. The molecular weight excluding hydrogens is 360 g/mol. The Hall–Kier alpha value is -1.87. The van der Waals surface area contributed by atoms with E-state index in [1.807, 2.05) is 30.1 Å². The molecule has 1 amide bonds. The van der Waals surface area contributed by atoms with E-state index in [1.165, 1.54) is 0 Å². The summed E-state index contributed by atoms with van der Waals surface area (Å²) in [7, 11) is 7.23. The normalized spacial score (nSPS) is 16.8. The highest BCUT2D eigenvalue weighted by molar-refractivity contribution is 5.77. The molecule has 0 aliphatic carbocycles. The second-order valence-electron chi connectivity index (χ2n) is 7.39. The van der Waals surface area contributed by atoms with Crippen molar-refractivity contribution in [2.24, 2.45) is 0 Å². The first-order chi connectivity index (χ1) is 13.4. The average Bonchev–Trinajstić information content (AvgIpc) is 2.68. The van der Waals surface area contributed by atoms with Crippen LogP contribution >= 0.6 is 0 Å². The number of nitrogens with zero attached hydrogens (tertiary/aromatic N) is 3. The van der Waals surface area contributed by atoms with Crippen molar-refractivity contribution in [1.82, 2.24) is 20.0 Å². The SMILES string of the molecule is CNC(=O)CN(C)Cc1ccc(OC)cc1OC[C@@H](O)CN1CCN(C)CC1. The molecule has 2 rings (SSSR count). The van der Waals surface area contributed by atoms with Crippen molar-refractivity contribution in [3.05, 3.63) is 23.8 Å². The van der Waals surface area contributed by atoms with Gasteiger partial charge in [-0.3, -0.25) is 14.6 Å². The number of nitrogens with one attached hydrogen (secondary N) is 1. The van der Waals surface area contributed by atoms with Crippen LogP contribution in [0.1, 0.15) is 5.56 Å². The van der Waals surface area contributed by atoms with Crippen molar-refractivity contribution in [3.8, 4) is 11.5 Å². The number of hydrogen-bond donors (Lipinski definition) is 2. The van der Waals surface area contributed by atoms with E-state index in [1.54, 1.807) is 14.2 Å². The van der Waals surface area contributed by atoms with Crippen molar-refractivity contribution in [2.75, 3.05) is 74.1 Å². The van der Waals surface area contributed by atoms with E-state index in [0.717, 1.165) is 31.7 Å². The summed E-state index contributed by atoms with van der Waals surface area (Å²) in [6.07, 6.45) is -0.564. The van der Waals surface area contributed by atoms with Crippen molar-refractivity contribution >= 4 is 5.91 Å². The highest BCUT2D eigenvalue weighted by Gasteiger charge is 2.18. The van der Waals surface area contributed by atoms with Gasteiger partial charge in [0.15, 0.2) is 0 Å². The summed E-state index contributed by atoms with van der Waals surface area (Å²) in [5.41, 5.74) is 0.944. The van der Waals surface area contributed by atoms with E-state index in [2.05, 4.69) is 22.2 Å². The van der Waals surface area contributed by atoms with E-state index >= 15 is 0 Å². The fraction of sp³-hybridized carbons (Fsp3) is 0.650. The molecule has 1 atom stereocenters. The molecule has 1 heterocycles. The van der Waals surface area contributed by atoms with Crippen LogP contribution in [0, 0.1) is 0 Å². The van der Waals surface area contributed by atoms with Gasteiger partial charge in [-0.2, -0.15) is 0 Å². The molecule has 1 aromatic rings. The number of ether oxygens (including phenoxy) is 2. The lowest BCUT2D eigenvalue weighted by Gasteiger charge is -2.33. The summed E-state index contributed by atoms with van der Waals surface area (Å²) < 4.78 is 11.2. The van der Waals surface area contributed by atoms with Crippen molar-refractivity contribution in [1.29, 1.82) is 0 Å². The van der Waals surface area contributed by atoms with Crippen LogP contribution in [-0.2, 0) is 11.3 Å². The van der Waals surface area contributed by atoms with Crippen LogP contribution < -0.4 is 14.8 Å². The number of amides is 1. The third-order valence-electron chi connectivity index (χ3n) is 4.90. The van der Waals surface area contributed by atoms with Gasteiger partial charge >= 0.3 is 0 Å². The fourth-order valence-corrected chi connectivity index (χ4v) is 3.16. The zero-order valence-electron chi connectivity index (χ0n) is 17.5. The van der Waals surface area contributed by atoms with Gasteiger partial charge in [0.2, 0.25) is 5.91 Å². The fourth-order valence-electron chi connectivity index (χ4n) is 3.16. The zero-order chi connectivity index (χ0) is 20.5. The number of likely N-dealkylation sites (N-methyl/N-ethyl adjacent to an activating group) is 3. The molecule has 1 aliphatic rings. The standard InChI is InChI=1S/C20H34N4O4/c1-21-20(26)14-23(3)12-16-5-6-18(27-4)11-19(16)28-15-17(25)13-24-9-7-22(2)8-10-24/h5-6,11,17,25H,7-10,12-15H2,1-4H3,(H,21,26)/t17-/m0/s1. The Morgan fingerprint density at radius 2 is 2.04 bits per heavy atom. The molecular formula is C20H34N4O4. The van der Waals surface area contributed by atoms with Crippen LogP contribution in [0.2, 0.25) is 0 Å². The summed E-state index contributed by atoms with van der Waals surface area (Å²) in [5, 5.41) is 13.0. The number of β-amino-alcohol motifs (C(OH)–C–C–N with tert-alkyl or cyclic N) is 1. The van der Waals surface area contributed by atoms with E-state index < -0.39 is 6.10 Å². The predicted octanol–water partition coefficient (Wildman–Crippen LogP) is -0.140. The monoisotopic (exact) mass is 394 g/mol. The van der Waals surface area contributed by atoms with Crippen molar-refractivity contribution < 1.29 is 19.4 Å². The Balaban J connectivity index is 1.93. The number of hydrogen-bond acceptors (Lipinski definition) is 7. The molecule has 28 heavy (non-hydrogen) atoms.